The second kappa shape index (κ2) is 5.78. The van der Waals surface area contributed by atoms with Crippen LogP contribution in [-0.2, 0) is 6.54 Å². The predicted octanol–water partition coefficient (Wildman–Crippen LogP) is 0.749. The highest BCUT2D eigenvalue weighted by molar-refractivity contribution is 5.27. The Morgan fingerprint density at radius 2 is 1.79 bits per heavy atom. The Kier molecular flexibility index (Phi) is 4.63. The molecular formula is C12H20NO+. The number of aliphatic hydroxyl groups excluding tert-OH is 1. The number of aliphatic hydroxyl groups is 1. The molecule has 0 bridgehead atoms. The molecule has 14 heavy (non-hydrogen) atoms. The lowest BCUT2D eigenvalue weighted by Crippen LogP contribution is -2.82. The Morgan fingerprint density at radius 3 is 2.36 bits per heavy atom. The SMILES string of the molecule is Cc1cc(C)cc(C[NH2+]CCCO)c1. The maximum atomic E-state index is 8.63. The number of aryl methyl sites for hydroxylation is 2. The first-order valence-electron chi connectivity index (χ1n) is 5.22. The summed E-state index contributed by atoms with van der Waals surface area (Å²) in [4.78, 5) is 0. The molecule has 0 heterocycles. The van der Waals surface area contributed by atoms with Gasteiger partial charge in [0, 0.05) is 18.6 Å². The monoisotopic (exact) mass is 194 g/mol. The van der Waals surface area contributed by atoms with Crippen LogP contribution in [0.1, 0.15) is 23.1 Å². The first-order valence-corrected chi connectivity index (χ1v) is 5.22. The van der Waals surface area contributed by atoms with Crippen LogP contribution in [0.2, 0.25) is 0 Å². The number of rotatable bonds is 5. The summed E-state index contributed by atoms with van der Waals surface area (Å²) in [5.74, 6) is 0. The molecule has 0 aromatic heterocycles. The molecule has 2 nitrogen and oxygen atoms in total. The summed E-state index contributed by atoms with van der Waals surface area (Å²) in [5.41, 5.74) is 4.03. The highest BCUT2D eigenvalue weighted by Crippen LogP contribution is 2.07. The van der Waals surface area contributed by atoms with E-state index in [4.69, 9.17) is 5.11 Å². The molecule has 1 aromatic rings. The molecule has 2 heteroatoms. The lowest BCUT2D eigenvalue weighted by Gasteiger charge is -2.04. The minimum Gasteiger partial charge on any atom is -0.396 e. The van der Waals surface area contributed by atoms with Crippen LogP contribution in [0.5, 0.6) is 0 Å². The van der Waals surface area contributed by atoms with Crippen LogP contribution in [0.3, 0.4) is 0 Å². The lowest BCUT2D eigenvalue weighted by atomic mass is 10.1. The summed E-state index contributed by atoms with van der Waals surface area (Å²) in [6.07, 6.45) is 0.880. The number of hydrogen-bond acceptors (Lipinski definition) is 1. The van der Waals surface area contributed by atoms with Crippen molar-refractivity contribution in [1.82, 2.24) is 0 Å². The third kappa shape index (κ3) is 3.90. The van der Waals surface area contributed by atoms with E-state index < -0.39 is 0 Å². The molecule has 0 saturated heterocycles. The summed E-state index contributed by atoms with van der Waals surface area (Å²) < 4.78 is 0. The van der Waals surface area contributed by atoms with Crippen LogP contribution in [0, 0.1) is 13.8 Å². The third-order valence-corrected chi connectivity index (χ3v) is 2.23. The highest BCUT2D eigenvalue weighted by atomic mass is 16.3. The average molecular weight is 194 g/mol. The van der Waals surface area contributed by atoms with Crippen molar-refractivity contribution in [3.05, 3.63) is 34.9 Å². The number of nitrogens with two attached hydrogens (primary N) is 1. The van der Waals surface area contributed by atoms with Crippen LogP contribution in [0.25, 0.3) is 0 Å². The van der Waals surface area contributed by atoms with Gasteiger partial charge in [0.25, 0.3) is 0 Å². The van der Waals surface area contributed by atoms with Crippen molar-refractivity contribution in [2.45, 2.75) is 26.8 Å². The highest BCUT2D eigenvalue weighted by Gasteiger charge is 1.97. The molecule has 0 aliphatic rings. The van der Waals surface area contributed by atoms with Gasteiger partial charge >= 0.3 is 0 Å². The fourth-order valence-corrected chi connectivity index (χ4v) is 1.69. The van der Waals surface area contributed by atoms with Crippen LogP contribution >= 0.6 is 0 Å². The van der Waals surface area contributed by atoms with E-state index in [0.29, 0.717) is 6.61 Å². The van der Waals surface area contributed by atoms with Gasteiger partial charge in [-0.15, -0.1) is 0 Å². The van der Waals surface area contributed by atoms with Gasteiger partial charge in [0.15, 0.2) is 0 Å². The van der Waals surface area contributed by atoms with E-state index >= 15 is 0 Å². The molecule has 0 fully saturated rings. The second-order valence-electron chi connectivity index (χ2n) is 3.85. The lowest BCUT2D eigenvalue weighted by molar-refractivity contribution is -0.671. The second-order valence-corrected chi connectivity index (χ2v) is 3.85. The van der Waals surface area contributed by atoms with E-state index in [1.165, 1.54) is 16.7 Å². The molecule has 1 aromatic carbocycles. The summed E-state index contributed by atoms with van der Waals surface area (Å²) in [6.45, 7) is 6.57. The molecule has 0 amide bonds. The predicted molar refractivity (Wildman–Crippen MR) is 58.1 cm³/mol. The zero-order valence-corrected chi connectivity index (χ0v) is 9.09. The Bertz CT molecular complexity index is 263. The van der Waals surface area contributed by atoms with E-state index in [0.717, 1.165) is 19.5 Å². The summed E-state index contributed by atoms with van der Waals surface area (Å²) in [6, 6.07) is 6.64. The standard InChI is InChI=1S/C12H19NO/c1-10-6-11(2)8-12(7-10)9-13-4-3-5-14/h6-8,13-14H,3-5,9H2,1-2H3/p+1. The van der Waals surface area contributed by atoms with Gasteiger partial charge in [0.05, 0.1) is 6.54 Å². The van der Waals surface area contributed by atoms with Crippen molar-refractivity contribution < 1.29 is 10.4 Å². The molecule has 78 valence electrons. The van der Waals surface area contributed by atoms with Crippen LogP contribution in [-0.4, -0.2) is 18.3 Å². The van der Waals surface area contributed by atoms with Crippen molar-refractivity contribution in [3.8, 4) is 0 Å². The van der Waals surface area contributed by atoms with Gasteiger partial charge in [0.2, 0.25) is 0 Å². The van der Waals surface area contributed by atoms with Crippen molar-refractivity contribution in [3.63, 3.8) is 0 Å². The Labute approximate surface area is 86.0 Å². The molecule has 3 N–H and O–H groups in total. The molecule has 0 atom stereocenters. The van der Waals surface area contributed by atoms with Gasteiger partial charge in [-0.05, 0) is 13.8 Å². The average Bonchev–Trinajstić information content (AvgIpc) is 2.11. The van der Waals surface area contributed by atoms with Crippen molar-refractivity contribution in [2.24, 2.45) is 0 Å². The normalized spacial score (nSPS) is 10.5. The van der Waals surface area contributed by atoms with Gasteiger partial charge in [-0.3, -0.25) is 0 Å². The molecule has 0 spiro atoms. The summed E-state index contributed by atoms with van der Waals surface area (Å²) in [5, 5.41) is 10.9. The fraction of sp³-hybridized carbons (Fsp3) is 0.500. The molecule has 0 aliphatic heterocycles. The van der Waals surface area contributed by atoms with Gasteiger partial charge in [0.1, 0.15) is 6.54 Å². The van der Waals surface area contributed by atoms with Gasteiger partial charge in [-0.25, -0.2) is 0 Å². The largest absolute Gasteiger partial charge is 0.396 e. The van der Waals surface area contributed by atoms with Gasteiger partial charge in [-0.2, -0.15) is 0 Å². The van der Waals surface area contributed by atoms with Crippen molar-refractivity contribution in [2.75, 3.05) is 13.2 Å². The molecule has 0 aliphatic carbocycles. The van der Waals surface area contributed by atoms with E-state index in [-0.39, 0.29) is 0 Å². The smallest absolute Gasteiger partial charge is 0.101 e. The first kappa shape index (κ1) is 11.2. The van der Waals surface area contributed by atoms with E-state index in [1.54, 1.807) is 0 Å². The fourth-order valence-electron chi connectivity index (χ4n) is 1.69. The van der Waals surface area contributed by atoms with Crippen LogP contribution in [0.4, 0.5) is 0 Å². The zero-order chi connectivity index (χ0) is 10.4. The van der Waals surface area contributed by atoms with E-state index in [2.05, 4.69) is 37.4 Å². The Hall–Kier alpha value is -0.860. The molecular weight excluding hydrogens is 174 g/mol. The maximum Gasteiger partial charge on any atom is 0.101 e. The van der Waals surface area contributed by atoms with Gasteiger partial charge < -0.3 is 10.4 Å². The van der Waals surface area contributed by atoms with Crippen molar-refractivity contribution >= 4 is 0 Å². The molecule has 0 saturated carbocycles. The minimum atomic E-state index is 0.295. The summed E-state index contributed by atoms with van der Waals surface area (Å²) in [7, 11) is 0. The number of benzene rings is 1. The van der Waals surface area contributed by atoms with Crippen LogP contribution in [0.15, 0.2) is 18.2 Å². The van der Waals surface area contributed by atoms with Crippen molar-refractivity contribution in [1.29, 1.82) is 0 Å². The van der Waals surface area contributed by atoms with E-state index in [9.17, 15) is 0 Å². The quantitative estimate of drug-likeness (QED) is 0.667. The molecule has 0 unspecified atom stereocenters. The first-order chi connectivity index (χ1) is 6.72. The third-order valence-electron chi connectivity index (χ3n) is 2.23. The Balaban J connectivity index is 2.42. The van der Waals surface area contributed by atoms with Gasteiger partial charge in [-0.1, -0.05) is 29.3 Å². The minimum absolute atomic E-state index is 0.295. The van der Waals surface area contributed by atoms with Crippen LogP contribution < -0.4 is 5.32 Å². The summed E-state index contributed by atoms with van der Waals surface area (Å²) >= 11 is 0. The zero-order valence-electron chi connectivity index (χ0n) is 9.09. The van der Waals surface area contributed by atoms with E-state index in [1.807, 2.05) is 0 Å². The topological polar surface area (TPSA) is 36.8 Å². The Morgan fingerprint density at radius 1 is 1.14 bits per heavy atom. The molecule has 1 rings (SSSR count). The maximum absolute atomic E-state index is 8.63. The number of quaternary nitrogens is 1. The number of hydrogen-bond donors (Lipinski definition) is 2. The molecule has 0 radical (unpaired) electrons.